The summed E-state index contributed by atoms with van der Waals surface area (Å²) in [6, 6.07) is 20.1. The lowest BCUT2D eigenvalue weighted by Crippen LogP contribution is -2.47. The Hall–Kier alpha value is -4.24. The number of amides is 2. The zero-order chi connectivity index (χ0) is 26.2. The van der Waals surface area contributed by atoms with Gasteiger partial charge >= 0.3 is 0 Å². The molecule has 2 aromatic carbocycles. The number of fused-ring (bicyclic) bond motifs is 4. The van der Waals surface area contributed by atoms with Gasteiger partial charge in [0.1, 0.15) is 5.82 Å². The minimum absolute atomic E-state index is 0.0276. The topological polar surface area (TPSA) is 83.4 Å². The maximum Gasteiger partial charge on any atom is 0.265 e. The SMILES string of the molecule is O=C(Nc1ccccc1F)c1ccc(N2CC3CC(C2)c2cccc(=O)n2C3)c(NC(=O)c2cccs2)c1. The number of rotatable bonds is 5. The summed E-state index contributed by atoms with van der Waals surface area (Å²) in [5.74, 6) is -0.797. The van der Waals surface area contributed by atoms with E-state index in [9.17, 15) is 18.8 Å². The van der Waals surface area contributed by atoms with E-state index in [0.717, 1.165) is 24.3 Å². The number of piperidine rings is 1. The summed E-state index contributed by atoms with van der Waals surface area (Å²) in [5.41, 5.74) is 2.76. The van der Waals surface area contributed by atoms with E-state index in [1.165, 1.54) is 23.5 Å². The number of hydrogen-bond donors (Lipinski definition) is 2. The zero-order valence-corrected chi connectivity index (χ0v) is 21.2. The molecule has 2 amide bonds. The average molecular weight is 529 g/mol. The summed E-state index contributed by atoms with van der Waals surface area (Å²) >= 11 is 1.33. The molecular formula is C29H25FN4O3S. The van der Waals surface area contributed by atoms with Crippen LogP contribution in [0.1, 0.15) is 38.1 Å². The van der Waals surface area contributed by atoms with Crippen LogP contribution >= 0.6 is 11.3 Å². The highest BCUT2D eigenvalue weighted by Gasteiger charge is 2.35. The van der Waals surface area contributed by atoms with Crippen molar-refractivity contribution in [3.8, 4) is 0 Å². The Balaban J connectivity index is 1.33. The molecule has 0 aliphatic carbocycles. The van der Waals surface area contributed by atoms with Crippen molar-refractivity contribution in [3.05, 3.63) is 110 Å². The molecule has 0 spiro atoms. The molecule has 4 aromatic rings. The molecule has 1 saturated heterocycles. The van der Waals surface area contributed by atoms with Crippen molar-refractivity contribution in [1.29, 1.82) is 0 Å². The van der Waals surface area contributed by atoms with Gasteiger partial charge in [0.25, 0.3) is 17.4 Å². The number of pyridine rings is 1. The van der Waals surface area contributed by atoms with Crippen LogP contribution in [0.15, 0.2) is 83.0 Å². The molecule has 192 valence electrons. The number of nitrogens with one attached hydrogen (secondary N) is 2. The van der Waals surface area contributed by atoms with Crippen LogP contribution in [0.5, 0.6) is 0 Å². The molecule has 7 nitrogen and oxygen atoms in total. The van der Waals surface area contributed by atoms with E-state index in [2.05, 4.69) is 15.5 Å². The quantitative estimate of drug-likeness (QED) is 0.374. The van der Waals surface area contributed by atoms with Gasteiger partial charge in [-0.2, -0.15) is 0 Å². The predicted molar refractivity (Wildman–Crippen MR) is 147 cm³/mol. The molecule has 2 aliphatic heterocycles. The van der Waals surface area contributed by atoms with Gasteiger partial charge in [0, 0.05) is 42.9 Å². The Bertz CT molecular complexity index is 1580. The Kier molecular flexibility index (Phi) is 6.29. The van der Waals surface area contributed by atoms with Gasteiger partial charge in [-0.05, 0) is 60.2 Å². The van der Waals surface area contributed by atoms with Gasteiger partial charge in [-0.3, -0.25) is 14.4 Å². The largest absolute Gasteiger partial charge is 0.369 e. The number of carbonyl (C=O) groups excluding carboxylic acids is 2. The first kappa shape index (κ1) is 24.1. The first-order valence-corrected chi connectivity index (χ1v) is 13.3. The van der Waals surface area contributed by atoms with Crippen molar-refractivity contribution in [2.75, 3.05) is 28.6 Å². The number of carbonyl (C=O) groups is 2. The molecule has 2 bridgehead atoms. The van der Waals surface area contributed by atoms with E-state index in [0.29, 0.717) is 29.2 Å². The van der Waals surface area contributed by atoms with Crippen molar-refractivity contribution in [2.24, 2.45) is 5.92 Å². The highest BCUT2D eigenvalue weighted by Crippen LogP contribution is 2.39. The molecule has 4 heterocycles. The van der Waals surface area contributed by atoms with Crippen LogP contribution in [-0.2, 0) is 6.54 Å². The maximum atomic E-state index is 14.1. The van der Waals surface area contributed by atoms with Crippen molar-refractivity contribution >= 4 is 40.2 Å². The third kappa shape index (κ3) is 4.61. The second-order valence-electron chi connectivity index (χ2n) is 9.70. The molecule has 2 atom stereocenters. The number of halogens is 1. The van der Waals surface area contributed by atoms with Gasteiger partial charge in [0.15, 0.2) is 0 Å². The highest BCUT2D eigenvalue weighted by atomic mass is 32.1. The van der Waals surface area contributed by atoms with Crippen LogP contribution < -0.4 is 21.1 Å². The third-order valence-corrected chi connectivity index (χ3v) is 8.06. The van der Waals surface area contributed by atoms with Crippen LogP contribution in [-0.4, -0.2) is 29.5 Å². The Morgan fingerprint density at radius 2 is 1.71 bits per heavy atom. The van der Waals surface area contributed by atoms with E-state index in [4.69, 9.17) is 0 Å². The summed E-state index contributed by atoms with van der Waals surface area (Å²) in [6.07, 6.45) is 1.000. The van der Waals surface area contributed by atoms with E-state index >= 15 is 0 Å². The van der Waals surface area contributed by atoms with Gasteiger partial charge in [-0.15, -0.1) is 11.3 Å². The van der Waals surface area contributed by atoms with Crippen LogP contribution in [0, 0.1) is 11.7 Å². The van der Waals surface area contributed by atoms with Crippen molar-refractivity contribution in [3.63, 3.8) is 0 Å². The van der Waals surface area contributed by atoms with Crippen molar-refractivity contribution in [2.45, 2.75) is 18.9 Å². The van der Waals surface area contributed by atoms with E-state index in [1.54, 1.807) is 36.4 Å². The Labute approximate surface area is 222 Å². The average Bonchev–Trinajstić information content (AvgIpc) is 3.46. The molecule has 2 aromatic heterocycles. The van der Waals surface area contributed by atoms with Gasteiger partial charge in [-0.25, -0.2) is 4.39 Å². The molecule has 38 heavy (non-hydrogen) atoms. The number of anilines is 3. The predicted octanol–water partition coefficient (Wildman–Crippen LogP) is 5.18. The Morgan fingerprint density at radius 3 is 2.53 bits per heavy atom. The smallest absolute Gasteiger partial charge is 0.265 e. The number of aromatic nitrogens is 1. The fraction of sp³-hybridized carbons (Fsp3) is 0.207. The molecule has 2 unspecified atom stereocenters. The van der Waals surface area contributed by atoms with E-state index in [-0.39, 0.29) is 29.0 Å². The standard InChI is InChI=1S/C29H25FN4O3S/c30-21-5-1-2-6-22(21)31-28(36)19-10-11-25(23(14-19)32-29(37)26-8-4-12-38-26)33-15-18-13-20(17-33)24-7-3-9-27(35)34(24)16-18/h1-12,14,18,20H,13,15-17H2,(H,31,36)(H,32,37). The van der Waals surface area contributed by atoms with E-state index in [1.807, 2.05) is 34.2 Å². The van der Waals surface area contributed by atoms with E-state index < -0.39 is 11.7 Å². The minimum Gasteiger partial charge on any atom is -0.369 e. The first-order chi connectivity index (χ1) is 18.5. The summed E-state index contributed by atoms with van der Waals surface area (Å²) in [5, 5.41) is 7.44. The van der Waals surface area contributed by atoms with Crippen LogP contribution in [0.3, 0.4) is 0 Å². The number of benzene rings is 2. The molecule has 6 rings (SSSR count). The number of nitrogens with zero attached hydrogens (tertiary/aromatic N) is 2. The molecular weight excluding hydrogens is 503 g/mol. The normalized spacial score (nSPS) is 18.0. The third-order valence-electron chi connectivity index (χ3n) is 7.19. The second-order valence-corrected chi connectivity index (χ2v) is 10.6. The summed E-state index contributed by atoms with van der Waals surface area (Å²) in [6.45, 7) is 2.06. The lowest BCUT2D eigenvalue weighted by molar-refractivity contribution is 0.101. The second kappa shape index (κ2) is 9.90. The lowest BCUT2D eigenvalue weighted by atomic mass is 9.83. The Morgan fingerprint density at radius 1 is 0.868 bits per heavy atom. The molecule has 2 aliphatic rings. The van der Waals surface area contributed by atoms with Gasteiger partial charge in [0.05, 0.1) is 21.9 Å². The monoisotopic (exact) mass is 528 g/mol. The fourth-order valence-electron chi connectivity index (χ4n) is 5.50. The summed E-state index contributed by atoms with van der Waals surface area (Å²) < 4.78 is 16.0. The summed E-state index contributed by atoms with van der Waals surface area (Å²) in [7, 11) is 0. The number of hydrogen-bond acceptors (Lipinski definition) is 5. The summed E-state index contributed by atoms with van der Waals surface area (Å²) in [4.78, 5) is 41.2. The van der Waals surface area contributed by atoms with Crippen molar-refractivity contribution in [1.82, 2.24) is 4.57 Å². The highest BCUT2D eigenvalue weighted by molar-refractivity contribution is 7.12. The van der Waals surface area contributed by atoms with Crippen molar-refractivity contribution < 1.29 is 14.0 Å². The lowest BCUT2D eigenvalue weighted by Gasteiger charge is -2.44. The molecule has 0 saturated carbocycles. The number of thiophene rings is 1. The van der Waals surface area contributed by atoms with Gasteiger partial charge < -0.3 is 20.1 Å². The molecule has 1 fully saturated rings. The molecule has 9 heteroatoms. The maximum absolute atomic E-state index is 14.1. The van der Waals surface area contributed by atoms with Crippen LogP contribution in [0.4, 0.5) is 21.5 Å². The first-order valence-electron chi connectivity index (χ1n) is 12.5. The van der Waals surface area contributed by atoms with Gasteiger partial charge in [0.2, 0.25) is 0 Å². The van der Waals surface area contributed by atoms with Crippen LogP contribution in [0.25, 0.3) is 0 Å². The molecule has 0 radical (unpaired) electrons. The van der Waals surface area contributed by atoms with Crippen LogP contribution in [0.2, 0.25) is 0 Å². The minimum atomic E-state index is -0.525. The number of para-hydroxylation sites is 1. The molecule has 2 N–H and O–H groups in total. The zero-order valence-electron chi connectivity index (χ0n) is 20.4. The van der Waals surface area contributed by atoms with Gasteiger partial charge in [-0.1, -0.05) is 24.3 Å². The fourth-order valence-corrected chi connectivity index (χ4v) is 6.11.